The van der Waals surface area contributed by atoms with Crippen LogP contribution < -0.4 is 0 Å². The Morgan fingerprint density at radius 2 is 1.75 bits per heavy atom. The van der Waals surface area contributed by atoms with E-state index in [0.29, 0.717) is 32.0 Å². The number of hydrogen-bond acceptors (Lipinski definition) is 4. The molecule has 1 aromatic rings. The lowest BCUT2D eigenvalue weighted by molar-refractivity contribution is 0.00546. The number of benzene rings is 1. The topological polar surface area (TPSA) is 43.5 Å². The number of hydrogen-bond donors (Lipinski definition) is 0. The SMILES string of the molecule is CC(OCC1CO1)C(COCC1CO1)c1ccccc1. The summed E-state index contributed by atoms with van der Waals surface area (Å²) in [5.74, 6) is 0.244. The molecule has 20 heavy (non-hydrogen) atoms. The fraction of sp³-hybridized carbons (Fsp3) is 0.625. The quantitative estimate of drug-likeness (QED) is 0.648. The molecule has 1 aromatic carbocycles. The Morgan fingerprint density at radius 1 is 1.10 bits per heavy atom. The normalized spacial score (nSPS) is 27.1. The molecule has 2 heterocycles. The van der Waals surface area contributed by atoms with Crippen molar-refractivity contribution in [3.63, 3.8) is 0 Å². The van der Waals surface area contributed by atoms with Crippen LogP contribution in [-0.2, 0) is 18.9 Å². The highest BCUT2D eigenvalue weighted by atomic mass is 16.6. The third-order valence-electron chi connectivity index (χ3n) is 3.75. The lowest BCUT2D eigenvalue weighted by Crippen LogP contribution is -2.25. The second-order valence-electron chi connectivity index (χ2n) is 5.50. The van der Waals surface area contributed by atoms with Crippen LogP contribution >= 0.6 is 0 Å². The van der Waals surface area contributed by atoms with Crippen molar-refractivity contribution in [3.05, 3.63) is 35.9 Å². The molecule has 2 aliphatic heterocycles. The molecule has 4 unspecified atom stereocenters. The minimum atomic E-state index is 0.113. The molecule has 2 fully saturated rings. The summed E-state index contributed by atoms with van der Waals surface area (Å²) in [6, 6.07) is 10.4. The Morgan fingerprint density at radius 3 is 2.40 bits per heavy atom. The largest absolute Gasteiger partial charge is 0.378 e. The second-order valence-corrected chi connectivity index (χ2v) is 5.50. The molecule has 0 spiro atoms. The Kier molecular flexibility index (Phi) is 4.68. The van der Waals surface area contributed by atoms with E-state index in [1.165, 1.54) is 5.56 Å². The van der Waals surface area contributed by atoms with Gasteiger partial charge in [-0.2, -0.15) is 0 Å². The lowest BCUT2D eigenvalue weighted by atomic mass is 9.95. The fourth-order valence-corrected chi connectivity index (χ4v) is 2.23. The van der Waals surface area contributed by atoms with Gasteiger partial charge in [-0.1, -0.05) is 30.3 Å². The summed E-state index contributed by atoms with van der Waals surface area (Å²) < 4.78 is 22.1. The van der Waals surface area contributed by atoms with Crippen molar-refractivity contribution in [3.8, 4) is 0 Å². The van der Waals surface area contributed by atoms with E-state index < -0.39 is 0 Å². The van der Waals surface area contributed by atoms with Gasteiger partial charge in [-0.15, -0.1) is 0 Å². The second kappa shape index (κ2) is 6.68. The van der Waals surface area contributed by atoms with Crippen LogP contribution in [0.5, 0.6) is 0 Å². The highest BCUT2D eigenvalue weighted by Crippen LogP contribution is 2.24. The van der Waals surface area contributed by atoms with Crippen molar-refractivity contribution in [2.45, 2.75) is 31.2 Å². The van der Waals surface area contributed by atoms with Gasteiger partial charge < -0.3 is 18.9 Å². The minimum Gasteiger partial charge on any atom is -0.378 e. The average Bonchev–Trinajstić information content (AvgIpc) is 3.37. The Balaban J connectivity index is 1.55. The maximum Gasteiger partial charge on any atom is 0.104 e. The standard InChI is InChI=1S/C16H22O4/c1-12(18-8-15-10-20-15)16(11-17-7-14-9-19-14)13-5-3-2-4-6-13/h2-6,12,14-16H,7-11H2,1H3. The summed E-state index contributed by atoms with van der Waals surface area (Å²) in [6.45, 7) is 5.80. The summed E-state index contributed by atoms with van der Waals surface area (Å²) in [7, 11) is 0. The van der Waals surface area contributed by atoms with Crippen LogP contribution in [0.1, 0.15) is 18.4 Å². The molecule has 2 aliphatic rings. The van der Waals surface area contributed by atoms with Crippen molar-refractivity contribution in [2.75, 3.05) is 33.0 Å². The van der Waals surface area contributed by atoms with E-state index in [0.717, 1.165) is 13.2 Å². The van der Waals surface area contributed by atoms with Gasteiger partial charge in [-0.25, -0.2) is 0 Å². The summed E-state index contributed by atoms with van der Waals surface area (Å²) in [5.41, 5.74) is 1.26. The molecule has 4 nitrogen and oxygen atoms in total. The van der Waals surface area contributed by atoms with Crippen LogP contribution in [0.25, 0.3) is 0 Å². The zero-order valence-corrected chi connectivity index (χ0v) is 11.9. The fourth-order valence-electron chi connectivity index (χ4n) is 2.23. The molecule has 4 heteroatoms. The van der Waals surface area contributed by atoms with Gasteiger partial charge in [0.1, 0.15) is 12.2 Å². The minimum absolute atomic E-state index is 0.113. The molecule has 0 bridgehead atoms. The van der Waals surface area contributed by atoms with Gasteiger partial charge >= 0.3 is 0 Å². The van der Waals surface area contributed by atoms with Gasteiger partial charge in [0, 0.05) is 5.92 Å². The summed E-state index contributed by atoms with van der Waals surface area (Å²) in [6.07, 6.45) is 0.721. The maximum absolute atomic E-state index is 5.92. The molecule has 0 saturated carbocycles. The van der Waals surface area contributed by atoms with E-state index in [1.807, 2.05) is 6.07 Å². The first-order chi connectivity index (χ1) is 9.83. The van der Waals surface area contributed by atoms with Crippen LogP contribution in [-0.4, -0.2) is 51.3 Å². The predicted molar refractivity (Wildman–Crippen MR) is 74.9 cm³/mol. The third-order valence-corrected chi connectivity index (χ3v) is 3.75. The van der Waals surface area contributed by atoms with Crippen LogP contribution in [0, 0.1) is 0 Å². The van der Waals surface area contributed by atoms with Gasteiger partial charge in [0.05, 0.1) is 39.1 Å². The van der Waals surface area contributed by atoms with E-state index in [2.05, 4.69) is 31.2 Å². The van der Waals surface area contributed by atoms with Gasteiger partial charge in [0.25, 0.3) is 0 Å². The van der Waals surface area contributed by atoms with Gasteiger partial charge in [0.15, 0.2) is 0 Å². The van der Waals surface area contributed by atoms with E-state index in [4.69, 9.17) is 18.9 Å². The predicted octanol–water partition coefficient (Wildman–Crippen LogP) is 1.99. The molecule has 4 atom stereocenters. The summed E-state index contributed by atoms with van der Waals surface area (Å²) in [5, 5.41) is 0. The van der Waals surface area contributed by atoms with E-state index in [9.17, 15) is 0 Å². The van der Waals surface area contributed by atoms with E-state index in [1.54, 1.807) is 0 Å². The molecule has 0 N–H and O–H groups in total. The molecule has 110 valence electrons. The van der Waals surface area contributed by atoms with Crippen molar-refractivity contribution >= 4 is 0 Å². The molecular weight excluding hydrogens is 256 g/mol. The van der Waals surface area contributed by atoms with Gasteiger partial charge in [0.2, 0.25) is 0 Å². The van der Waals surface area contributed by atoms with Crippen molar-refractivity contribution in [1.82, 2.24) is 0 Å². The van der Waals surface area contributed by atoms with Crippen LogP contribution in [0.15, 0.2) is 30.3 Å². The average molecular weight is 278 g/mol. The van der Waals surface area contributed by atoms with Crippen molar-refractivity contribution in [1.29, 1.82) is 0 Å². The Labute approximate surface area is 120 Å². The lowest BCUT2D eigenvalue weighted by Gasteiger charge is -2.24. The highest BCUT2D eigenvalue weighted by Gasteiger charge is 2.28. The van der Waals surface area contributed by atoms with Crippen LogP contribution in [0.4, 0.5) is 0 Å². The smallest absolute Gasteiger partial charge is 0.104 e. The van der Waals surface area contributed by atoms with Gasteiger partial charge in [-0.05, 0) is 12.5 Å². The maximum atomic E-state index is 5.92. The van der Waals surface area contributed by atoms with Gasteiger partial charge in [-0.3, -0.25) is 0 Å². The summed E-state index contributed by atoms with van der Waals surface area (Å²) in [4.78, 5) is 0. The molecule has 2 saturated heterocycles. The Hall–Kier alpha value is -0.940. The first kappa shape index (κ1) is 14.0. The monoisotopic (exact) mass is 278 g/mol. The third kappa shape index (κ3) is 4.28. The van der Waals surface area contributed by atoms with Crippen LogP contribution in [0.3, 0.4) is 0 Å². The number of epoxide rings is 2. The number of rotatable bonds is 9. The van der Waals surface area contributed by atoms with Crippen molar-refractivity contribution in [2.24, 2.45) is 0 Å². The molecular formula is C16H22O4. The van der Waals surface area contributed by atoms with Crippen LogP contribution in [0.2, 0.25) is 0 Å². The molecule has 0 radical (unpaired) electrons. The molecule has 0 aromatic heterocycles. The molecule has 0 amide bonds. The van der Waals surface area contributed by atoms with Crippen molar-refractivity contribution < 1.29 is 18.9 Å². The van der Waals surface area contributed by atoms with E-state index in [-0.39, 0.29) is 12.0 Å². The summed E-state index contributed by atoms with van der Waals surface area (Å²) >= 11 is 0. The molecule has 3 rings (SSSR count). The zero-order valence-electron chi connectivity index (χ0n) is 11.9. The first-order valence-electron chi connectivity index (χ1n) is 7.30. The highest BCUT2D eigenvalue weighted by molar-refractivity contribution is 5.20. The molecule has 0 aliphatic carbocycles. The Bertz CT molecular complexity index is 400. The zero-order chi connectivity index (χ0) is 13.8. The number of ether oxygens (including phenoxy) is 4. The first-order valence-corrected chi connectivity index (χ1v) is 7.30. The van der Waals surface area contributed by atoms with E-state index >= 15 is 0 Å².